The van der Waals surface area contributed by atoms with Crippen molar-refractivity contribution in [2.24, 2.45) is 0 Å². The Labute approximate surface area is 171 Å². The minimum atomic E-state index is -2.31. The Bertz CT molecular complexity index is 563. The molecule has 28 heavy (non-hydrogen) atoms. The average molecular weight is 516 g/mol. The molecule has 161 valence electrons. The topological polar surface area (TPSA) is 37.3 Å². The summed E-state index contributed by atoms with van der Waals surface area (Å²) in [4.78, 5) is 10.1. The van der Waals surface area contributed by atoms with E-state index in [9.17, 15) is 26.7 Å². The van der Waals surface area contributed by atoms with Crippen molar-refractivity contribution in [3.63, 3.8) is 0 Å². The molecule has 1 aromatic rings. The van der Waals surface area contributed by atoms with Crippen LogP contribution in [0, 0.1) is 29.1 Å². The molecule has 0 aliphatic heterocycles. The van der Waals surface area contributed by atoms with Crippen molar-refractivity contribution in [2.75, 3.05) is 0 Å². The number of carboxylic acids is 1. The van der Waals surface area contributed by atoms with E-state index in [1.807, 2.05) is 0 Å². The predicted octanol–water partition coefficient (Wildman–Crippen LogP) is 6.89. The van der Waals surface area contributed by atoms with Crippen LogP contribution >= 0.6 is 0 Å². The molecule has 0 atom stereocenters. The number of aliphatic carboxylic acids is 1. The second kappa shape index (κ2) is 15.0. The summed E-state index contributed by atoms with van der Waals surface area (Å²) in [5.41, 5.74) is -1.35. The molecule has 0 aromatic heterocycles. The molecule has 0 fully saturated rings. The van der Waals surface area contributed by atoms with Crippen molar-refractivity contribution >= 4 is 25.7 Å². The number of halogens is 5. The molecule has 1 aromatic carbocycles. The molecule has 0 amide bonds. The summed E-state index contributed by atoms with van der Waals surface area (Å²) in [6.45, 7) is 7.00. The van der Waals surface area contributed by atoms with Gasteiger partial charge in [0, 0.05) is 5.56 Å². The molecular formula is C20H30F5O2Sn. The fraction of sp³-hybridized carbons (Fsp3) is 0.650. The first-order chi connectivity index (χ1) is 13.2. The Morgan fingerprint density at radius 1 is 0.714 bits per heavy atom. The van der Waals surface area contributed by atoms with Gasteiger partial charge in [0.15, 0.2) is 23.3 Å². The van der Waals surface area contributed by atoms with Crippen LogP contribution in [0.1, 0.15) is 64.9 Å². The van der Waals surface area contributed by atoms with Crippen molar-refractivity contribution < 1.29 is 31.9 Å². The largest absolute Gasteiger partial charge is 0.481 e. The zero-order valence-electron chi connectivity index (χ0n) is 16.8. The zero-order chi connectivity index (χ0) is 21.7. The maximum absolute atomic E-state index is 12.8. The van der Waals surface area contributed by atoms with Gasteiger partial charge in [0.05, 0.1) is 6.42 Å². The van der Waals surface area contributed by atoms with Crippen LogP contribution in [0.3, 0.4) is 0 Å². The van der Waals surface area contributed by atoms with E-state index in [0.29, 0.717) is 0 Å². The zero-order valence-corrected chi connectivity index (χ0v) is 19.7. The third-order valence-electron chi connectivity index (χ3n) is 4.28. The van der Waals surface area contributed by atoms with Crippen molar-refractivity contribution in [3.8, 4) is 0 Å². The Balaban J connectivity index is 0.000000528. The Hall–Kier alpha value is -0.861. The molecule has 8 heteroatoms. The van der Waals surface area contributed by atoms with Gasteiger partial charge in [0.25, 0.3) is 0 Å². The third kappa shape index (κ3) is 9.56. The third-order valence-corrected chi connectivity index (χ3v) is 13.4. The molecule has 1 N–H and O–H groups in total. The van der Waals surface area contributed by atoms with Gasteiger partial charge in [-0.1, -0.05) is 0 Å². The second-order valence-corrected chi connectivity index (χ2v) is 15.2. The van der Waals surface area contributed by atoms with Crippen LogP contribution < -0.4 is 0 Å². The standard InChI is InChI=1S/C8H3F5O2.3C4H9.Sn/c9-4-2(1-3(14)15)5(10)7(12)8(13)6(4)11;3*1-3-4-2;/h1H2,(H,14,15);3*1,3-4H2,2H3;. The molecule has 0 saturated heterocycles. The molecule has 0 aliphatic rings. The quantitative estimate of drug-likeness (QED) is 0.151. The van der Waals surface area contributed by atoms with Crippen LogP contribution in [0.4, 0.5) is 22.0 Å². The van der Waals surface area contributed by atoms with Crippen LogP contribution in [-0.2, 0) is 11.2 Å². The molecule has 1 radical (unpaired) electrons. The van der Waals surface area contributed by atoms with Crippen LogP contribution in [-0.4, -0.2) is 30.8 Å². The van der Waals surface area contributed by atoms with Gasteiger partial charge in [0.1, 0.15) is 0 Å². The fourth-order valence-electron chi connectivity index (χ4n) is 2.61. The molecular weight excluding hydrogens is 486 g/mol. The average Bonchev–Trinajstić information content (AvgIpc) is 2.68. The molecule has 1 rings (SSSR count). The summed E-state index contributed by atoms with van der Waals surface area (Å²) < 4.78 is 68.1. The first-order valence-electron chi connectivity index (χ1n) is 9.76. The fourth-order valence-corrected chi connectivity index (χ4v) is 12.1. The summed E-state index contributed by atoms with van der Waals surface area (Å²) in [5, 5.41) is 8.19. The van der Waals surface area contributed by atoms with Crippen LogP contribution in [0.2, 0.25) is 13.3 Å². The van der Waals surface area contributed by atoms with Gasteiger partial charge in [-0.2, -0.15) is 0 Å². The number of hydrogen-bond donors (Lipinski definition) is 1. The van der Waals surface area contributed by atoms with E-state index in [1.54, 1.807) is 13.3 Å². The molecule has 0 spiro atoms. The SMILES string of the molecule is CCC[CH2][Sn]([CH2]CCC)[CH2]CCC.O=C(O)Cc1c(F)c(F)c(F)c(F)c1F. The number of hydrogen-bond acceptors (Lipinski definition) is 1. The molecule has 0 heterocycles. The summed E-state index contributed by atoms with van der Waals surface area (Å²) in [7, 11) is 0. The minimum absolute atomic E-state index is 0.839. The van der Waals surface area contributed by atoms with Crippen molar-refractivity contribution in [1.82, 2.24) is 0 Å². The molecule has 0 unspecified atom stereocenters. The maximum atomic E-state index is 12.8. The Morgan fingerprint density at radius 2 is 1.04 bits per heavy atom. The second-order valence-electron chi connectivity index (χ2n) is 6.68. The number of carbonyl (C=O) groups is 1. The van der Waals surface area contributed by atoms with Gasteiger partial charge in [-0.05, 0) is 0 Å². The van der Waals surface area contributed by atoms with Crippen molar-refractivity contribution in [1.29, 1.82) is 0 Å². The number of carboxylic acid groups (broad SMARTS) is 1. The molecule has 2 nitrogen and oxygen atoms in total. The smallest absolute Gasteiger partial charge is 0.308 e. The first kappa shape index (κ1) is 27.1. The molecule has 0 bridgehead atoms. The summed E-state index contributed by atoms with van der Waals surface area (Å²) >= 11 is -0.839. The van der Waals surface area contributed by atoms with Crippen LogP contribution in [0.25, 0.3) is 0 Å². The normalized spacial score (nSPS) is 10.8. The number of benzene rings is 1. The van der Waals surface area contributed by atoms with Gasteiger partial charge in [-0.15, -0.1) is 0 Å². The van der Waals surface area contributed by atoms with Gasteiger partial charge >= 0.3 is 98.3 Å². The van der Waals surface area contributed by atoms with E-state index in [1.165, 1.54) is 38.5 Å². The monoisotopic (exact) mass is 517 g/mol. The summed E-state index contributed by atoms with van der Waals surface area (Å²) in [6.07, 6.45) is 7.57. The maximum Gasteiger partial charge on any atom is 0.308 e. The van der Waals surface area contributed by atoms with Gasteiger partial charge in [-0.25, -0.2) is 22.0 Å². The summed E-state index contributed by atoms with van der Waals surface area (Å²) in [5.74, 6) is -12.5. The van der Waals surface area contributed by atoms with Gasteiger partial charge < -0.3 is 5.11 Å². The predicted molar refractivity (Wildman–Crippen MR) is 102 cm³/mol. The van der Waals surface area contributed by atoms with Gasteiger partial charge in [-0.3, -0.25) is 4.79 Å². The summed E-state index contributed by atoms with van der Waals surface area (Å²) in [6, 6.07) is 0. The molecule has 0 aliphatic carbocycles. The Kier molecular flexibility index (Phi) is 14.6. The van der Waals surface area contributed by atoms with Crippen molar-refractivity contribution in [3.05, 3.63) is 34.6 Å². The van der Waals surface area contributed by atoms with E-state index >= 15 is 0 Å². The van der Waals surface area contributed by atoms with Crippen molar-refractivity contribution in [2.45, 2.75) is 79.0 Å². The van der Waals surface area contributed by atoms with E-state index < -0.39 is 66.8 Å². The van der Waals surface area contributed by atoms with Gasteiger partial charge in [0.2, 0.25) is 5.82 Å². The number of unbranched alkanes of at least 4 members (excludes halogenated alkanes) is 3. The van der Waals surface area contributed by atoms with E-state index in [-0.39, 0.29) is 0 Å². The van der Waals surface area contributed by atoms with Crippen LogP contribution in [0.5, 0.6) is 0 Å². The first-order valence-corrected chi connectivity index (χ1v) is 15.8. The van der Waals surface area contributed by atoms with E-state index in [2.05, 4.69) is 20.8 Å². The van der Waals surface area contributed by atoms with Crippen LogP contribution in [0.15, 0.2) is 0 Å². The minimum Gasteiger partial charge on any atom is -0.481 e. The number of rotatable bonds is 11. The van der Waals surface area contributed by atoms with E-state index in [4.69, 9.17) is 5.11 Å². The van der Waals surface area contributed by atoms with E-state index in [0.717, 1.165) is 0 Å². The Morgan fingerprint density at radius 3 is 1.32 bits per heavy atom. The molecule has 0 saturated carbocycles.